The van der Waals surface area contributed by atoms with Crippen LogP contribution in [0, 0.1) is 23.2 Å². The molecule has 0 bridgehead atoms. The zero-order valence-corrected chi connectivity index (χ0v) is 14.1. The molecular weight excluding hydrogens is 216 g/mol. The second-order valence-corrected chi connectivity index (χ2v) is 7.01. The van der Waals surface area contributed by atoms with Crippen LogP contribution in [0.5, 0.6) is 0 Å². The first-order chi connectivity index (χ1) is 8.27. The highest BCUT2D eigenvalue weighted by Gasteiger charge is 2.34. The van der Waals surface area contributed by atoms with Gasteiger partial charge in [0, 0.05) is 0 Å². The van der Waals surface area contributed by atoms with Gasteiger partial charge in [-0.3, -0.25) is 0 Å². The summed E-state index contributed by atoms with van der Waals surface area (Å²) < 4.78 is 0. The van der Waals surface area contributed by atoms with Crippen molar-refractivity contribution in [2.45, 2.75) is 81.1 Å². The summed E-state index contributed by atoms with van der Waals surface area (Å²) in [7, 11) is 0. The normalized spacial score (nSPS) is 17.1. The molecule has 108 valence electrons. The molecule has 0 aromatic rings. The predicted octanol–water partition coefficient (Wildman–Crippen LogP) is 6.47. The molecule has 0 aliphatic heterocycles. The van der Waals surface area contributed by atoms with Crippen molar-refractivity contribution in [1.29, 1.82) is 0 Å². The van der Waals surface area contributed by atoms with Gasteiger partial charge in [0.15, 0.2) is 0 Å². The summed E-state index contributed by atoms with van der Waals surface area (Å²) in [6.07, 6.45) is 7.60. The zero-order chi connectivity index (χ0) is 14.3. The average molecular weight is 252 g/mol. The molecular formula is C18H36. The van der Waals surface area contributed by atoms with E-state index in [4.69, 9.17) is 0 Å². The van der Waals surface area contributed by atoms with Crippen molar-refractivity contribution in [1.82, 2.24) is 0 Å². The lowest BCUT2D eigenvalue weighted by Crippen LogP contribution is -2.32. The van der Waals surface area contributed by atoms with Gasteiger partial charge in [0.1, 0.15) is 0 Å². The van der Waals surface area contributed by atoms with Gasteiger partial charge < -0.3 is 0 Å². The molecule has 0 aliphatic rings. The molecule has 0 heteroatoms. The molecule has 2 unspecified atom stereocenters. The van der Waals surface area contributed by atoms with Crippen molar-refractivity contribution in [2.24, 2.45) is 23.2 Å². The van der Waals surface area contributed by atoms with Gasteiger partial charge in [0.2, 0.25) is 0 Å². The van der Waals surface area contributed by atoms with Crippen LogP contribution < -0.4 is 0 Å². The molecule has 18 heavy (non-hydrogen) atoms. The summed E-state index contributed by atoms with van der Waals surface area (Å²) in [6, 6.07) is 0. The maximum atomic E-state index is 2.47. The predicted molar refractivity (Wildman–Crippen MR) is 84.8 cm³/mol. The molecule has 0 amide bonds. The highest BCUT2D eigenvalue weighted by Crippen LogP contribution is 2.43. The first-order valence-electron chi connectivity index (χ1n) is 7.93. The summed E-state index contributed by atoms with van der Waals surface area (Å²) in [4.78, 5) is 0. The minimum atomic E-state index is 0.410. The molecule has 0 nitrogen and oxygen atoms in total. The average Bonchev–Trinajstić information content (AvgIpc) is 2.31. The Hall–Kier alpha value is -0.260. The van der Waals surface area contributed by atoms with Crippen molar-refractivity contribution < 1.29 is 0 Å². The Morgan fingerprint density at radius 2 is 1.67 bits per heavy atom. The molecule has 0 aliphatic carbocycles. The molecule has 0 radical (unpaired) electrons. The van der Waals surface area contributed by atoms with E-state index in [-0.39, 0.29) is 0 Å². The topological polar surface area (TPSA) is 0 Å². The smallest absolute Gasteiger partial charge is 0.0180 e. The maximum Gasteiger partial charge on any atom is -0.0180 e. The van der Waals surface area contributed by atoms with Crippen LogP contribution in [-0.4, -0.2) is 0 Å². The van der Waals surface area contributed by atoms with E-state index in [0.29, 0.717) is 11.3 Å². The molecule has 0 saturated carbocycles. The monoisotopic (exact) mass is 252 g/mol. The Morgan fingerprint density at radius 1 is 1.11 bits per heavy atom. The molecule has 0 N–H and O–H groups in total. The zero-order valence-electron chi connectivity index (χ0n) is 14.1. The second kappa shape index (κ2) is 8.02. The fourth-order valence-electron chi connectivity index (χ4n) is 3.05. The summed E-state index contributed by atoms with van der Waals surface area (Å²) in [5.74, 6) is 2.33. The molecule has 2 atom stereocenters. The minimum absolute atomic E-state index is 0.410. The molecule has 0 heterocycles. The number of hydrogen-bond acceptors (Lipinski definition) is 0. The largest absolute Gasteiger partial charge is 0.0853 e. The van der Waals surface area contributed by atoms with Gasteiger partial charge in [0.05, 0.1) is 0 Å². The first kappa shape index (κ1) is 17.7. The van der Waals surface area contributed by atoms with Crippen LogP contribution in [0.3, 0.4) is 0 Å². The van der Waals surface area contributed by atoms with Crippen LogP contribution in [0.2, 0.25) is 0 Å². The van der Waals surface area contributed by atoms with Crippen molar-refractivity contribution in [3.8, 4) is 0 Å². The van der Waals surface area contributed by atoms with Gasteiger partial charge in [-0.1, -0.05) is 73.0 Å². The van der Waals surface area contributed by atoms with Crippen molar-refractivity contribution in [3.63, 3.8) is 0 Å². The molecule has 0 rings (SSSR count). The highest BCUT2D eigenvalue weighted by atomic mass is 14.4. The summed E-state index contributed by atoms with van der Waals surface area (Å²) in [6.45, 7) is 19.0. The molecule has 0 fully saturated rings. The Bertz CT molecular complexity index is 245. The standard InChI is InChI=1S/C18H36/c1-9-11-12-15(5)16(6)18(7,8)17(10-2)13-14(3)4/h12,14,16-17H,9-11,13H2,1-8H3. The van der Waals surface area contributed by atoms with Crippen LogP contribution >= 0.6 is 0 Å². The van der Waals surface area contributed by atoms with E-state index in [0.717, 1.165) is 11.8 Å². The third kappa shape index (κ3) is 5.16. The van der Waals surface area contributed by atoms with Crippen LogP contribution in [0.25, 0.3) is 0 Å². The van der Waals surface area contributed by atoms with E-state index in [1.165, 1.54) is 25.7 Å². The van der Waals surface area contributed by atoms with E-state index >= 15 is 0 Å². The van der Waals surface area contributed by atoms with Gasteiger partial charge >= 0.3 is 0 Å². The van der Waals surface area contributed by atoms with E-state index in [2.05, 4.69) is 61.5 Å². The van der Waals surface area contributed by atoms with E-state index in [9.17, 15) is 0 Å². The van der Waals surface area contributed by atoms with Crippen molar-refractivity contribution >= 4 is 0 Å². The fourth-order valence-corrected chi connectivity index (χ4v) is 3.05. The minimum Gasteiger partial charge on any atom is -0.0853 e. The third-order valence-corrected chi connectivity index (χ3v) is 4.85. The number of rotatable bonds is 8. The third-order valence-electron chi connectivity index (χ3n) is 4.85. The first-order valence-corrected chi connectivity index (χ1v) is 7.93. The van der Waals surface area contributed by atoms with Gasteiger partial charge in [0.25, 0.3) is 0 Å². The lowest BCUT2D eigenvalue weighted by atomic mass is 9.64. The number of hydrogen-bond donors (Lipinski definition) is 0. The summed E-state index contributed by atoms with van der Waals surface area (Å²) in [5.41, 5.74) is 2.00. The maximum absolute atomic E-state index is 2.47. The molecule has 0 saturated heterocycles. The lowest BCUT2D eigenvalue weighted by molar-refractivity contribution is 0.122. The second-order valence-electron chi connectivity index (χ2n) is 7.01. The van der Waals surface area contributed by atoms with E-state index < -0.39 is 0 Å². The van der Waals surface area contributed by atoms with Crippen LogP contribution in [0.1, 0.15) is 81.1 Å². The van der Waals surface area contributed by atoms with Crippen LogP contribution in [0.15, 0.2) is 11.6 Å². The van der Waals surface area contributed by atoms with Crippen molar-refractivity contribution in [3.05, 3.63) is 11.6 Å². The molecule has 0 spiro atoms. The Balaban J connectivity index is 4.85. The summed E-state index contributed by atoms with van der Waals surface area (Å²) >= 11 is 0. The summed E-state index contributed by atoms with van der Waals surface area (Å²) in [5, 5.41) is 0. The van der Waals surface area contributed by atoms with Crippen LogP contribution in [-0.2, 0) is 0 Å². The number of allylic oxidation sites excluding steroid dienone is 2. The van der Waals surface area contributed by atoms with Crippen molar-refractivity contribution in [2.75, 3.05) is 0 Å². The highest BCUT2D eigenvalue weighted by molar-refractivity contribution is 5.07. The Morgan fingerprint density at radius 3 is 2.06 bits per heavy atom. The van der Waals surface area contributed by atoms with Gasteiger partial charge in [-0.2, -0.15) is 0 Å². The SMILES string of the molecule is CCCC=C(C)C(C)C(C)(C)C(CC)CC(C)C. The van der Waals surface area contributed by atoms with Gasteiger partial charge in [-0.05, 0) is 42.9 Å². The Kier molecular flexibility index (Phi) is 7.90. The fraction of sp³-hybridized carbons (Fsp3) is 0.889. The quantitative estimate of drug-likeness (QED) is 0.434. The lowest BCUT2D eigenvalue weighted by Gasteiger charge is -2.41. The van der Waals surface area contributed by atoms with Crippen LogP contribution in [0.4, 0.5) is 0 Å². The van der Waals surface area contributed by atoms with E-state index in [1.54, 1.807) is 5.57 Å². The molecule has 0 aromatic carbocycles. The Labute approximate surface area is 116 Å². The molecule has 0 aromatic heterocycles. The van der Waals surface area contributed by atoms with Gasteiger partial charge in [-0.15, -0.1) is 0 Å². The number of unbranched alkanes of at least 4 members (excludes halogenated alkanes) is 1. The van der Waals surface area contributed by atoms with E-state index in [1.807, 2.05) is 0 Å². The van der Waals surface area contributed by atoms with Gasteiger partial charge in [-0.25, -0.2) is 0 Å².